The summed E-state index contributed by atoms with van der Waals surface area (Å²) in [5.41, 5.74) is 1.05. The number of halogens is 1. The van der Waals surface area contributed by atoms with Crippen LogP contribution in [0.2, 0.25) is 5.02 Å². The molecule has 0 radical (unpaired) electrons. The third kappa shape index (κ3) is 6.68. The van der Waals surface area contributed by atoms with Crippen molar-refractivity contribution in [2.24, 2.45) is 0 Å². The summed E-state index contributed by atoms with van der Waals surface area (Å²) in [6, 6.07) is 7.44. The van der Waals surface area contributed by atoms with Gasteiger partial charge < -0.3 is 5.11 Å². The Balaban J connectivity index is 1.73. The normalized spacial score (nSPS) is 12.8. The molecule has 2 aromatic rings. The van der Waals surface area contributed by atoms with Gasteiger partial charge in [-0.15, -0.1) is 11.3 Å². The minimum Gasteiger partial charge on any atom is -0.476 e. The van der Waals surface area contributed by atoms with Gasteiger partial charge in [0.2, 0.25) is 10.0 Å². The van der Waals surface area contributed by atoms with E-state index >= 15 is 0 Å². The van der Waals surface area contributed by atoms with Crippen molar-refractivity contribution in [1.82, 2.24) is 9.71 Å². The van der Waals surface area contributed by atoms with Gasteiger partial charge in [0.1, 0.15) is 0 Å². The number of hydrogen-bond acceptors (Lipinski definition) is 5. The van der Waals surface area contributed by atoms with Crippen molar-refractivity contribution >= 4 is 38.9 Å². The molecule has 1 heterocycles. The smallest absolute Gasteiger partial charge is 0.355 e. The molecule has 9 heteroatoms. The zero-order valence-electron chi connectivity index (χ0n) is 14.3. The van der Waals surface area contributed by atoms with E-state index in [0.717, 1.165) is 5.56 Å². The van der Waals surface area contributed by atoms with Gasteiger partial charge in [-0.1, -0.05) is 30.7 Å². The molecule has 0 aliphatic heterocycles. The number of carboxylic acids is 1. The van der Waals surface area contributed by atoms with Gasteiger partial charge in [0.15, 0.2) is 5.69 Å². The van der Waals surface area contributed by atoms with E-state index in [2.05, 4.69) is 9.71 Å². The minimum absolute atomic E-state index is 0.0283. The number of hydrogen-bond donors (Lipinski definition) is 2. The van der Waals surface area contributed by atoms with Gasteiger partial charge >= 0.3 is 5.97 Å². The van der Waals surface area contributed by atoms with Crippen LogP contribution >= 0.6 is 22.9 Å². The molecule has 0 aliphatic carbocycles. The summed E-state index contributed by atoms with van der Waals surface area (Å²) in [6.07, 6.45) is 1.61. The number of nitrogens with zero attached hydrogens (tertiary/aromatic N) is 1. The maximum Gasteiger partial charge on any atom is 0.355 e. The Morgan fingerprint density at radius 1 is 1.42 bits per heavy atom. The summed E-state index contributed by atoms with van der Waals surface area (Å²) in [5.74, 6) is -0.918. The molecule has 0 bridgehead atoms. The van der Waals surface area contributed by atoms with Crippen LogP contribution in [0.5, 0.6) is 0 Å². The number of aromatic carboxylic acids is 1. The lowest BCUT2D eigenvalue weighted by atomic mass is 9.99. The summed E-state index contributed by atoms with van der Waals surface area (Å²) >= 11 is 7.23. The number of nitrogens with one attached hydrogen (secondary N) is 1. The van der Waals surface area contributed by atoms with E-state index in [9.17, 15) is 13.2 Å². The number of rotatable bonds is 10. The van der Waals surface area contributed by atoms with Crippen LogP contribution in [0, 0.1) is 0 Å². The van der Waals surface area contributed by atoms with Gasteiger partial charge in [-0.3, -0.25) is 0 Å². The Hall–Kier alpha value is -1.48. The first-order chi connectivity index (χ1) is 12.3. The molecule has 26 heavy (non-hydrogen) atoms. The molecular weight excluding hydrogens is 396 g/mol. The Kier molecular flexibility index (Phi) is 7.57. The third-order valence-electron chi connectivity index (χ3n) is 3.90. The molecule has 1 aromatic heterocycles. The number of sulfonamides is 1. The van der Waals surface area contributed by atoms with Crippen molar-refractivity contribution in [3.8, 4) is 0 Å². The van der Waals surface area contributed by atoms with Crippen LogP contribution in [-0.4, -0.2) is 36.8 Å². The van der Waals surface area contributed by atoms with Crippen LogP contribution < -0.4 is 4.72 Å². The predicted molar refractivity (Wildman–Crippen MR) is 104 cm³/mol. The van der Waals surface area contributed by atoms with Crippen LogP contribution in [-0.2, 0) is 16.4 Å². The Labute approximate surface area is 162 Å². The van der Waals surface area contributed by atoms with Crippen LogP contribution in [0.1, 0.15) is 46.7 Å². The Morgan fingerprint density at radius 2 is 2.19 bits per heavy atom. The molecular formula is C17H21ClN2O4S2. The molecule has 0 amide bonds. The number of benzene rings is 1. The summed E-state index contributed by atoms with van der Waals surface area (Å²) in [6.45, 7) is 2.28. The molecule has 1 atom stereocenters. The van der Waals surface area contributed by atoms with Gasteiger partial charge in [-0.05, 0) is 36.5 Å². The minimum atomic E-state index is -3.35. The van der Waals surface area contributed by atoms with Crippen LogP contribution in [0.15, 0.2) is 29.6 Å². The second-order valence-electron chi connectivity index (χ2n) is 5.99. The quantitative estimate of drug-likeness (QED) is 0.577. The number of carboxylic acid groups (broad SMARTS) is 1. The SMILES string of the molecule is CC(CCS(=O)(=O)NCCCc1nc(C(=O)O)cs1)c1cccc(Cl)c1. The first-order valence-corrected chi connectivity index (χ1v) is 11.1. The molecule has 1 unspecified atom stereocenters. The standard InChI is InChI=1S/C17H21ClN2O4S2/c1-12(13-4-2-5-14(18)10-13)7-9-26(23,24)19-8-3-6-16-20-15(11-25-16)17(21)22/h2,4-5,10-12,19H,3,6-9H2,1H3,(H,21,22). The number of thiazole rings is 1. The maximum atomic E-state index is 12.1. The van der Waals surface area contributed by atoms with Gasteiger partial charge in [-0.25, -0.2) is 22.9 Å². The zero-order valence-corrected chi connectivity index (χ0v) is 16.7. The van der Waals surface area contributed by atoms with Crippen molar-refractivity contribution in [1.29, 1.82) is 0 Å². The maximum absolute atomic E-state index is 12.1. The molecule has 2 N–H and O–H groups in total. The second-order valence-corrected chi connectivity index (χ2v) is 9.30. The number of carbonyl (C=O) groups is 1. The van der Waals surface area contributed by atoms with Crippen molar-refractivity contribution in [3.05, 3.63) is 50.9 Å². The molecule has 0 aliphatic rings. The highest BCUT2D eigenvalue weighted by Crippen LogP contribution is 2.22. The van der Waals surface area contributed by atoms with E-state index < -0.39 is 16.0 Å². The summed E-state index contributed by atoms with van der Waals surface area (Å²) < 4.78 is 26.8. The highest BCUT2D eigenvalue weighted by Gasteiger charge is 2.14. The van der Waals surface area contributed by atoms with Crippen LogP contribution in [0.25, 0.3) is 0 Å². The van der Waals surface area contributed by atoms with Crippen molar-refractivity contribution in [2.75, 3.05) is 12.3 Å². The fourth-order valence-electron chi connectivity index (χ4n) is 2.38. The predicted octanol–water partition coefficient (Wildman–Crippen LogP) is 3.54. The second kappa shape index (κ2) is 9.45. The first-order valence-electron chi connectivity index (χ1n) is 8.17. The third-order valence-corrected chi connectivity index (χ3v) is 6.46. The van der Waals surface area contributed by atoms with E-state index in [-0.39, 0.29) is 17.4 Å². The highest BCUT2D eigenvalue weighted by molar-refractivity contribution is 7.89. The molecule has 0 saturated heterocycles. The Morgan fingerprint density at radius 3 is 2.85 bits per heavy atom. The molecule has 1 aromatic carbocycles. The lowest BCUT2D eigenvalue weighted by Crippen LogP contribution is -2.28. The van der Waals surface area contributed by atoms with Crippen LogP contribution in [0.3, 0.4) is 0 Å². The fraction of sp³-hybridized carbons (Fsp3) is 0.412. The molecule has 2 rings (SSSR count). The summed E-state index contributed by atoms with van der Waals surface area (Å²) in [4.78, 5) is 14.7. The summed E-state index contributed by atoms with van der Waals surface area (Å²) in [7, 11) is -3.35. The van der Waals surface area contributed by atoms with E-state index in [1.165, 1.54) is 16.7 Å². The molecule has 142 valence electrons. The fourth-order valence-corrected chi connectivity index (χ4v) is 4.65. The lowest BCUT2D eigenvalue weighted by molar-refractivity contribution is 0.0691. The lowest BCUT2D eigenvalue weighted by Gasteiger charge is -2.13. The van der Waals surface area contributed by atoms with Crippen molar-refractivity contribution in [3.63, 3.8) is 0 Å². The van der Waals surface area contributed by atoms with E-state index in [1.807, 2.05) is 25.1 Å². The Bertz CT molecular complexity index is 852. The largest absolute Gasteiger partial charge is 0.476 e. The van der Waals surface area contributed by atoms with E-state index in [1.54, 1.807) is 6.07 Å². The van der Waals surface area contributed by atoms with E-state index in [4.69, 9.17) is 16.7 Å². The van der Waals surface area contributed by atoms with Crippen LogP contribution in [0.4, 0.5) is 0 Å². The average Bonchev–Trinajstić information content (AvgIpc) is 3.06. The monoisotopic (exact) mass is 416 g/mol. The van der Waals surface area contributed by atoms with Gasteiger partial charge in [-0.2, -0.15) is 0 Å². The van der Waals surface area contributed by atoms with Crippen molar-refractivity contribution in [2.45, 2.75) is 32.1 Å². The van der Waals surface area contributed by atoms with Gasteiger partial charge in [0.05, 0.1) is 10.8 Å². The average molecular weight is 417 g/mol. The first kappa shape index (κ1) is 20.8. The van der Waals surface area contributed by atoms with Crippen molar-refractivity contribution < 1.29 is 18.3 Å². The molecule has 0 fully saturated rings. The van der Waals surface area contributed by atoms with Gasteiger partial charge in [0, 0.05) is 23.4 Å². The molecule has 0 saturated carbocycles. The highest BCUT2D eigenvalue weighted by atomic mass is 35.5. The number of aromatic nitrogens is 1. The topological polar surface area (TPSA) is 96.4 Å². The molecule has 0 spiro atoms. The molecule has 6 nitrogen and oxygen atoms in total. The number of aryl methyl sites for hydroxylation is 1. The summed E-state index contributed by atoms with van der Waals surface area (Å²) in [5, 5.41) is 11.6. The van der Waals surface area contributed by atoms with Gasteiger partial charge in [0.25, 0.3) is 0 Å². The zero-order chi connectivity index (χ0) is 19.2. The van der Waals surface area contributed by atoms with E-state index in [0.29, 0.717) is 35.8 Å².